The molecule has 3 aliphatic rings. The van der Waals surface area contributed by atoms with Crippen LogP contribution in [0.5, 0.6) is 0 Å². The molecule has 0 unspecified atom stereocenters. The number of ether oxygens (including phenoxy) is 1. The summed E-state index contributed by atoms with van der Waals surface area (Å²) in [6, 6.07) is 31.5. The summed E-state index contributed by atoms with van der Waals surface area (Å²) in [4.78, 5) is 82.7. The minimum Gasteiger partial charge on any atom is -0.453 e. The molecule has 3 fully saturated rings. The molecule has 0 bridgehead atoms. The van der Waals surface area contributed by atoms with Crippen LogP contribution in [0.3, 0.4) is 0 Å². The number of rotatable bonds is 12. The van der Waals surface area contributed by atoms with Crippen molar-refractivity contribution < 1.29 is 28.7 Å². The van der Waals surface area contributed by atoms with Crippen molar-refractivity contribution in [3.63, 3.8) is 0 Å². The van der Waals surface area contributed by atoms with E-state index in [9.17, 15) is 24.0 Å². The first kappa shape index (κ1) is 43.6. The summed E-state index contributed by atoms with van der Waals surface area (Å²) in [5.41, 5.74) is 5.58. The minimum atomic E-state index is -0.905. The number of likely N-dealkylation sites (N-methyl/N-ethyl adjacent to an activating group) is 1. The molecule has 64 heavy (non-hydrogen) atoms. The van der Waals surface area contributed by atoms with Crippen LogP contribution in [-0.2, 0) is 14.3 Å². The molecule has 15 nitrogen and oxygen atoms in total. The van der Waals surface area contributed by atoms with Gasteiger partial charge in [-0.15, -0.1) is 0 Å². The van der Waals surface area contributed by atoms with E-state index < -0.39 is 18.2 Å². The number of amides is 6. The summed E-state index contributed by atoms with van der Waals surface area (Å²) in [5.74, 6) is 0.0616. The lowest BCUT2D eigenvalue weighted by molar-refractivity contribution is -0.135. The van der Waals surface area contributed by atoms with Crippen LogP contribution < -0.4 is 16.0 Å². The molecule has 15 heteroatoms. The van der Waals surface area contributed by atoms with E-state index in [0.29, 0.717) is 43.1 Å². The van der Waals surface area contributed by atoms with Crippen molar-refractivity contribution in [2.24, 2.45) is 0 Å². The zero-order valence-corrected chi connectivity index (χ0v) is 36.2. The van der Waals surface area contributed by atoms with Crippen LogP contribution in [0.1, 0.15) is 71.1 Å². The topological polar surface area (TPSA) is 172 Å². The van der Waals surface area contributed by atoms with Gasteiger partial charge in [-0.3, -0.25) is 14.4 Å². The lowest BCUT2D eigenvalue weighted by Crippen LogP contribution is -2.53. The number of methoxy groups -OCH3 is 1. The Labute approximate surface area is 373 Å². The third kappa shape index (κ3) is 9.94. The molecule has 0 radical (unpaired) electrons. The van der Waals surface area contributed by atoms with Gasteiger partial charge in [-0.05, 0) is 72.7 Å². The molecule has 332 valence electrons. The molecule has 4 aromatic carbocycles. The van der Waals surface area contributed by atoms with E-state index in [-0.39, 0.29) is 42.4 Å². The van der Waals surface area contributed by atoms with Gasteiger partial charge in [0.15, 0.2) is 0 Å². The maximum atomic E-state index is 14.3. The number of benzene rings is 4. The number of aromatic nitrogens is 2. The Morgan fingerprint density at radius 1 is 0.688 bits per heavy atom. The fraction of sp³-hybridized carbons (Fsp3) is 0.347. The van der Waals surface area contributed by atoms with Crippen molar-refractivity contribution in [2.45, 2.75) is 49.9 Å². The Hall–Kier alpha value is -7.00. The summed E-state index contributed by atoms with van der Waals surface area (Å²) in [6.45, 7) is 4.16. The van der Waals surface area contributed by atoms with E-state index in [1.54, 1.807) is 40.3 Å². The standard InChI is InChI=1S/C49H55N9O6/c1-55-27-29-56(30-28-55)48(62)53-42(36-11-5-3-6-12-36)47(61)58-26-10-16-41(58)44-50-32-40(52-44)35-21-17-33(18-22-35)34-19-23-38(24-20-34)45(59)51-31-39-15-9-25-57(39)46(60)43(54-49(63)64-2)37-13-7-4-8-14-37/h3-8,11-14,17-24,32,39,41-43H,9-10,15-16,25-31H2,1-2H3,(H,50,52)(H,51,59)(H,53,62)(H,54,63)/t39-,41-,42+,43+/m0/s1. The van der Waals surface area contributed by atoms with Gasteiger partial charge in [-0.1, -0.05) is 97.1 Å². The summed E-state index contributed by atoms with van der Waals surface area (Å²) in [5, 5.41) is 8.74. The van der Waals surface area contributed by atoms with Crippen LogP contribution in [0, 0.1) is 0 Å². The van der Waals surface area contributed by atoms with Gasteiger partial charge in [0.05, 0.1) is 25.0 Å². The second kappa shape index (κ2) is 20.0. The predicted octanol–water partition coefficient (Wildman–Crippen LogP) is 5.92. The van der Waals surface area contributed by atoms with E-state index in [2.05, 4.69) is 25.8 Å². The van der Waals surface area contributed by atoms with Gasteiger partial charge in [-0.25, -0.2) is 14.6 Å². The Morgan fingerprint density at radius 2 is 1.25 bits per heavy atom. The highest BCUT2D eigenvalue weighted by atomic mass is 16.5. The summed E-state index contributed by atoms with van der Waals surface area (Å²) >= 11 is 0. The number of piperazine rings is 1. The van der Waals surface area contributed by atoms with E-state index in [4.69, 9.17) is 9.72 Å². The lowest BCUT2D eigenvalue weighted by atomic mass is 10.0. The van der Waals surface area contributed by atoms with E-state index in [1.807, 2.05) is 96.9 Å². The molecule has 0 saturated carbocycles. The van der Waals surface area contributed by atoms with Crippen molar-refractivity contribution in [1.82, 2.24) is 45.5 Å². The van der Waals surface area contributed by atoms with Crippen molar-refractivity contribution in [3.8, 4) is 22.4 Å². The number of hydrogen-bond donors (Lipinski definition) is 4. The highest BCUT2D eigenvalue weighted by Crippen LogP contribution is 2.35. The Balaban J connectivity index is 0.878. The normalized spacial score (nSPS) is 18.6. The summed E-state index contributed by atoms with van der Waals surface area (Å²) in [7, 11) is 3.30. The number of urea groups is 1. The largest absolute Gasteiger partial charge is 0.453 e. The SMILES string of the molecule is COC(=O)N[C@@H](C(=O)N1CCC[C@H]1CNC(=O)c1ccc(-c2ccc(-c3cnc([C@@H]4CCCN4C(=O)[C@H](NC(=O)N4CCN(C)CC4)c4ccccc4)[nH]3)cc2)cc1)c1ccccc1. The summed E-state index contributed by atoms with van der Waals surface area (Å²) in [6.07, 6.45) is 4.19. The third-order valence-corrected chi connectivity index (χ3v) is 12.5. The van der Waals surface area contributed by atoms with Crippen LogP contribution in [0.25, 0.3) is 22.4 Å². The molecule has 6 amide bonds. The maximum absolute atomic E-state index is 14.3. The number of H-pyrrole nitrogens is 1. The molecule has 5 aromatic rings. The van der Waals surface area contributed by atoms with Crippen LogP contribution in [0.2, 0.25) is 0 Å². The second-order valence-electron chi connectivity index (χ2n) is 16.6. The van der Waals surface area contributed by atoms with Gasteiger partial charge in [0.2, 0.25) is 11.8 Å². The number of nitrogens with one attached hydrogen (secondary N) is 4. The number of alkyl carbamates (subject to hydrolysis) is 1. The fourth-order valence-corrected chi connectivity index (χ4v) is 8.87. The Bertz CT molecular complexity index is 2400. The Morgan fingerprint density at radius 3 is 1.89 bits per heavy atom. The Kier molecular flexibility index (Phi) is 13.6. The fourth-order valence-electron chi connectivity index (χ4n) is 8.87. The minimum absolute atomic E-state index is 0.155. The lowest BCUT2D eigenvalue weighted by Gasteiger charge is -2.34. The van der Waals surface area contributed by atoms with Crippen molar-refractivity contribution in [2.75, 3.05) is 60.0 Å². The number of carbonyl (C=O) groups is 5. The number of carbonyl (C=O) groups excluding carboxylic acids is 5. The van der Waals surface area contributed by atoms with Crippen molar-refractivity contribution in [3.05, 3.63) is 138 Å². The van der Waals surface area contributed by atoms with Gasteiger partial charge in [0.1, 0.15) is 17.9 Å². The van der Waals surface area contributed by atoms with Crippen LogP contribution >= 0.6 is 0 Å². The van der Waals surface area contributed by atoms with Gasteiger partial charge >= 0.3 is 12.1 Å². The molecular weight excluding hydrogens is 811 g/mol. The smallest absolute Gasteiger partial charge is 0.407 e. The van der Waals surface area contributed by atoms with Crippen LogP contribution in [0.15, 0.2) is 115 Å². The van der Waals surface area contributed by atoms with Gasteiger partial charge in [-0.2, -0.15) is 0 Å². The average molecular weight is 866 g/mol. The zero-order chi connectivity index (χ0) is 44.6. The highest BCUT2D eigenvalue weighted by molar-refractivity contribution is 5.95. The molecule has 3 saturated heterocycles. The van der Waals surface area contributed by atoms with Gasteiger partial charge in [0.25, 0.3) is 5.91 Å². The quantitative estimate of drug-likeness (QED) is 0.120. The summed E-state index contributed by atoms with van der Waals surface area (Å²) < 4.78 is 4.79. The molecule has 0 spiro atoms. The third-order valence-electron chi connectivity index (χ3n) is 12.5. The molecule has 3 aliphatic heterocycles. The van der Waals surface area contributed by atoms with Crippen LogP contribution in [-0.4, -0.2) is 125 Å². The van der Waals surface area contributed by atoms with E-state index >= 15 is 0 Å². The molecule has 4 N–H and O–H groups in total. The van der Waals surface area contributed by atoms with Gasteiger partial charge in [0, 0.05) is 57.4 Å². The highest BCUT2D eigenvalue weighted by Gasteiger charge is 2.38. The molecule has 0 aliphatic carbocycles. The second-order valence-corrected chi connectivity index (χ2v) is 16.6. The molecule has 4 heterocycles. The first-order chi connectivity index (χ1) is 31.2. The number of nitrogens with zero attached hydrogens (tertiary/aromatic N) is 5. The van der Waals surface area contributed by atoms with Crippen molar-refractivity contribution in [1.29, 1.82) is 0 Å². The first-order valence-corrected chi connectivity index (χ1v) is 22.0. The van der Waals surface area contributed by atoms with E-state index in [1.165, 1.54) is 7.11 Å². The monoisotopic (exact) mass is 865 g/mol. The predicted molar refractivity (Wildman–Crippen MR) is 242 cm³/mol. The number of hydrogen-bond acceptors (Lipinski definition) is 8. The maximum Gasteiger partial charge on any atom is 0.407 e. The first-order valence-electron chi connectivity index (χ1n) is 22.0. The average Bonchev–Trinajstić information content (AvgIpc) is 4.14. The van der Waals surface area contributed by atoms with E-state index in [0.717, 1.165) is 66.7 Å². The zero-order valence-electron chi connectivity index (χ0n) is 36.2. The van der Waals surface area contributed by atoms with Crippen molar-refractivity contribution >= 4 is 29.8 Å². The molecule has 4 atom stereocenters. The van der Waals surface area contributed by atoms with Crippen LogP contribution in [0.4, 0.5) is 9.59 Å². The number of imidazole rings is 1. The van der Waals surface area contributed by atoms with Gasteiger partial charge < -0.3 is 45.3 Å². The number of aromatic amines is 1. The molecule has 1 aromatic heterocycles. The number of likely N-dealkylation sites (tertiary alicyclic amines) is 2. The molecular formula is C49H55N9O6. The molecule has 8 rings (SSSR count).